The van der Waals surface area contributed by atoms with E-state index >= 15 is 0 Å². The first-order valence-electron chi connectivity index (χ1n) is 0.123. The first-order valence-corrected chi connectivity index (χ1v) is 0.508. The molecule has 0 aliphatic rings. The van der Waals surface area contributed by atoms with E-state index in [2.05, 4.69) is 15.9 Å². The van der Waals surface area contributed by atoms with Gasteiger partial charge in [0.15, 0.2) is 0 Å². The topological polar surface area (TPSA) is 17.1 Å². The molecule has 0 saturated carbocycles. The Hall–Kier alpha value is 4.83. The minimum atomic E-state index is 0. The Labute approximate surface area is 157 Å². The van der Waals surface area contributed by atoms with E-state index in [1.165, 1.54) is 0 Å². The maximum Gasteiger partial charge on any atom is 2.00 e. The molecule has 0 aromatic rings. The van der Waals surface area contributed by atoms with Crippen molar-refractivity contribution < 1.29 is 25.5 Å². The van der Waals surface area contributed by atoms with E-state index in [-0.39, 0.29) is 141 Å². The summed E-state index contributed by atoms with van der Waals surface area (Å²) >= 11 is 2.94. The molecule has 6 heavy (non-hydrogen) atoms. The van der Waals surface area contributed by atoms with Crippen LogP contribution in [0.25, 0.3) is 0 Å². The molecule has 41 valence electrons. The first kappa shape index (κ1) is 30.8. The summed E-state index contributed by atoms with van der Waals surface area (Å²) in [7, 11) is 0. The van der Waals surface area contributed by atoms with Gasteiger partial charge in [0.25, 0.3) is 0 Å². The van der Waals surface area contributed by atoms with Gasteiger partial charge < -0.3 is 5.71 Å². The molecule has 0 radical (unpaired) electrons. The molecule has 0 saturated heterocycles. The van der Waals surface area contributed by atoms with Crippen LogP contribution in [0.1, 0.15) is 5.71 Å². The molecule has 0 N–H and O–H groups in total. The zero-order valence-corrected chi connectivity index (χ0v) is 21.2. The average molecular weight is 635 g/mol. The molecule has 0 heterocycles. The van der Waals surface area contributed by atoms with E-state index < -0.39 is 0 Å². The first-order chi connectivity index (χ1) is 1.00. The molecular formula is H10Bi2CaCuOSr. The zero-order valence-electron chi connectivity index (χ0n) is 7.54. The van der Waals surface area contributed by atoms with Gasteiger partial charge in [0, 0.05) is 0 Å². The van der Waals surface area contributed by atoms with Crippen molar-refractivity contribution in [2.75, 3.05) is 0 Å². The second-order valence-electron chi connectivity index (χ2n) is 0. The van der Waals surface area contributed by atoms with Crippen molar-refractivity contribution in [3.63, 3.8) is 0 Å². The van der Waals surface area contributed by atoms with Crippen molar-refractivity contribution in [2.45, 2.75) is 0 Å². The Morgan fingerprint density at radius 1 is 1.17 bits per heavy atom. The van der Waals surface area contributed by atoms with Crippen LogP contribution in [0.15, 0.2) is 0 Å². The van der Waals surface area contributed by atoms with E-state index in [0.717, 1.165) is 0 Å². The molecule has 0 fully saturated rings. The molecule has 0 unspecified atom stereocenters. The number of rotatable bonds is 0. The molecule has 1 nitrogen and oxygen atoms in total. The molecule has 0 spiro atoms. The van der Waals surface area contributed by atoms with Gasteiger partial charge in [-0.05, 0) is 0 Å². The van der Waals surface area contributed by atoms with E-state index in [1.54, 1.807) is 0 Å². The number of hydrogen-bond acceptors (Lipinski definition) is 1. The van der Waals surface area contributed by atoms with Crippen molar-refractivity contribution in [3.8, 4) is 0 Å². The van der Waals surface area contributed by atoms with Crippen molar-refractivity contribution in [2.24, 2.45) is 0 Å². The second-order valence-corrected chi connectivity index (χ2v) is 0. The van der Waals surface area contributed by atoms with Crippen LogP contribution in [-0.2, 0) is 19.8 Å². The Kier molecular flexibility index (Phi) is 169. The molecule has 0 aliphatic carbocycles. The van der Waals surface area contributed by atoms with Gasteiger partial charge in [0.1, 0.15) is 0 Å². The molecule has 0 bridgehead atoms. The molecule has 0 aliphatic heterocycles. The average Bonchev–Trinajstić information content (AvgIpc) is 1.00. The van der Waals surface area contributed by atoms with Gasteiger partial charge in [-0.3, -0.25) is 0 Å². The monoisotopic (exact) mass is 635 g/mol. The van der Waals surface area contributed by atoms with Crippen LogP contribution in [0.5, 0.6) is 0 Å². The quantitative estimate of drug-likeness (QED) is 0.264. The summed E-state index contributed by atoms with van der Waals surface area (Å²) in [6.07, 6.45) is 0. The van der Waals surface area contributed by atoms with Crippen LogP contribution in [0.3, 0.4) is 0 Å². The van der Waals surface area contributed by atoms with Gasteiger partial charge >= 0.3 is 155 Å². The maximum absolute atomic E-state index is 7.81. The summed E-state index contributed by atoms with van der Waals surface area (Å²) in [5.41, 5.74) is 0. The van der Waals surface area contributed by atoms with Gasteiger partial charge in [-0.2, -0.15) is 0 Å². The summed E-state index contributed by atoms with van der Waals surface area (Å²) < 4.78 is 7.81. The van der Waals surface area contributed by atoms with Crippen LogP contribution in [0, 0.1) is 0 Å². The molecular weight excluding hydrogens is 625 g/mol. The smallest absolute Gasteiger partial charge is 2.00 e. The normalized spacial score (nSPS) is 1.00. The summed E-state index contributed by atoms with van der Waals surface area (Å²) in [5.74, 6) is 0. The van der Waals surface area contributed by atoms with Gasteiger partial charge in [-0.15, -0.1) is 0 Å². The molecule has 0 amide bonds. The third-order valence-corrected chi connectivity index (χ3v) is 0. The summed E-state index contributed by atoms with van der Waals surface area (Å²) in [4.78, 5) is 0. The molecule has 0 rings (SSSR count). The molecule has 6 heteroatoms. The van der Waals surface area contributed by atoms with Gasteiger partial charge in [-0.1, -0.05) is 0 Å². The Balaban J connectivity index is -0.000000000179. The van der Waals surface area contributed by atoms with Crippen molar-refractivity contribution in [1.29, 1.82) is 0 Å². The third kappa shape index (κ3) is 23.2. The third-order valence-electron chi connectivity index (χ3n) is 0. The maximum atomic E-state index is 7.81. The van der Waals surface area contributed by atoms with Crippen LogP contribution in [0.4, 0.5) is 0 Å². The SMILES string of the molecule is [BiH3].[BiH3].[Ca+2].[H-].[H-].[H-].[H-].[O]=[Cu].[Sr+2]. The second kappa shape index (κ2) is 32.9. The van der Waals surface area contributed by atoms with E-state index in [4.69, 9.17) is 3.83 Å². The molecule has 0 atom stereocenters. The zero-order chi connectivity index (χ0) is 2.00. The molecule has 0 aromatic heterocycles. The summed E-state index contributed by atoms with van der Waals surface area (Å²) in [6, 6.07) is 0. The Morgan fingerprint density at radius 3 is 1.17 bits per heavy atom. The fourth-order valence-electron chi connectivity index (χ4n) is 0. The van der Waals surface area contributed by atoms with Crippen LogP contribution in [-0.4, -0.2) is 136 Å². The fourth-order valence-corrected chi connectivity index (χ4v) is 0. The van der Waals surface area contributed by atoms with Gasteiger partial charge in [0.05, 0.1) is 0 Å². The van der Waals surface area contributed by atoms with Crippen LogP contribution >= 0.6 is 0 Å². The summed E-state index contributed by atoms with van der Waals surface area (Å²) in [5, 5.41) is 0. The van der Waals surface area contributed by atoms with Crippen molar-refractivity contribution >= 4 is 136 Å². The van der Waals surface area contributed by atoms with E-state index in [9.17, 15) is 0 Å². The van der Waals surface area contributed by atoms with Crippen molar-refractivity contribution in [3.05, 3.63) is 0 Å². The Bertz CT molecular complexity index is 23.2. The van der Waals surface area contributed by atoms with Gasteiger partial charge in [-0.25, -0.2) is 0 Å². The number of hydrogen-bond donors (Lipinski definition) is 0. The Morgan fingerprint density at radius 2 is 1.17 bits per heavy atom. The van der Waals surface area contributed by atoms with Crippen LogP contribution in [0.2, 0.25) is 0 Å². The van der Waals surface area contributed by atoms with Gasteiger partial charge in [0.2, 0.25) is 0 Å². The minimum Gasteiger partial charge on any atom is 2.00 e. The fraction of sp³-hybridized carbons (Fsp3) is 0. The minimum absolute atomic E-state index is 0. The van der Waals surface area contributed by atoms with Crippen LogP contribution < -0.4 is 0 Å². The standard InChI is InChI=1S/2Bi.Ca.Cu.O.Sr.10H/q;;+2;;;+2;;;;;;;4*-1. The van der Waals surface area contributed by atoms with E-state index in [0.29, 0.717) is 0 Å². The van der Waals surface area contributed by atoms with Crippen molar-refractivity contribution in [1.82, 2.24) is 0 Å². The predicted octanol–water partition coefficient (Wildman–Crippen LogP) is -2.80. The van der Waals surface area contributed by atoms with E-state index in [1.807, 2.05) is 0 Å². The predicted molar refractivity (Wildman–Crippen MR) is 36.5 cm³/mol. The summed E-state index contributed by atoms with van der Waals surface area (Å²) in [6.45, 7) is 0. The largest absolute Gasteiger partial charge is 2.00 e. The molecule has 0 aromatic carbocycles.